The number of hydrogen-bond donors (Lipinski definition) is 1. The average Bonchev–Trinajstić information content (AvgIpc) is 2.37. The van der Waals surface area contributed by atoms with Crippen molar-refractivity contribution in [2.45, 2.75) is 18.2 Å². The fourth-order valence-corrected chi connectivity index (χ4v) is 1.48. The number of alkyl halides is 1. The number of nitrogens with one attached hydrogen (secondary N) is 1. The third kappa shape index (κ3) is 3.95. The summed E-state index contributed by atoms with van der Waals surface area (Å²) < 4.78 is 26.8. The number of rotatable bonds is 5. The minimum atomic E-state index is -1.34. The van der Waals surface area contributed by atoms with E-state index in [1.165, 1.54) is 0 Å². The van der Waals surface area contributed by atoms with Gasteiger partial charge in [0, 0.05) is 11.4 Å². The highest BCUT2D eigenvalue weighted by Crippen LogP contribution is 2.22. The number of nitro benzene ring substituents is 1. The van der Waals surface area contributed by atoms with Gasteiger partial charge in [-0.3, -0.25) is 14.9 Å². The van der Waals surface area contributed by atoms with Crippen LogP contribution < -0.4 is 5.32 Å². The molecule has 1 N–H and O–H groups in total. The van der Waals surface area contributed by atoms with Gasteiger partial charge in [0.05, 0.1) is 16.6 Å². The molecule has 8 heteroatoms. The molecule has 0 saturated carbocycles. The molecule has 0 heterocycles. The van der Waals surface area contributed by atoms with Gasteiger partial charge in [0.15, 0.2) is 0 Å². The minimum Gasteiger partial charge on any atom is -0.351 e. The fraction of sp³-hybridized carbons (Fsp3) is 0.364. The molecule has 1 amide bonds. The van der Waals surface area contributed by atoms with Crippen LogP contribution in [0, 0.1) is 21.7 Å². The Kier molecular flexibility index (Phi) is 5.34. The predicted octanol–water partition coefficient (Wildman–Crippen LogP) is 2.78. The quantitative estimate of drug-likeness (QED) is 0.510. The van der Waals surface area contributed by atoms with Crippen molar-refractivity contribution in [3.63, 3.8) is 0 Å². The Balaban J connectivity index is 3.00. The van der Waals surface area contributed by atoms with E-state index in [-0.39, 0.29) is 11.4 Å². The molecule has 1 rings (SSSR count). The highest BCUT2D eigenvalue weighted by molar-refractivity contribution is 9.09. The molecule has 1 aromatic carbocycles. The molecular weight excluding hydrogens is 326 g/mol. The molecule has 1 unspecified atom stereocenters. The van der Waals surface area contributed by atoms with Gasteiger partial charge in [-0.15, -0.1) is 0 Å². The van der Waals surface area contributed by atoms with Gasteiger partial charge in [0.1, 0.15) is 5.82 Å². The molecule has 1 atom stereocenters. The van der Waals surface area contributed by atoms with Crippen LogP contribution in [0.3, 0.4) is 0 Å². The zero-order valence-corrected chi connectivity index (χ0v) is 11.5. The minimum absolute atomic E-state index is 0.0111. The predicted molar refractivity (Wildman–Crippen MR) is 68.4 cm³/mol. The standard InChI is InChI=1S/C11H11BrF2N2O3/c1-2-6(12)5-15-11(17)8-3-7(13)4-9(10(8)14)16(18)19/h3-4,6H,2,5H2,1H3,(H,15,17). The molecule has 0 aliphatic carbocycles. The van der Waals surface area contributed by atoms with Crippen LogP contribution in [0.2, 0.25) is 0 Å². The molecule has 0 fully saturated rings. The number of carbonyl (C=O) groups excluding carboxylic acids is 1. The molecule has 0 bridgehead atoms. The summed E-state index contributed by atoms with van der Waals surface area (Å²) >= 11 is 3.26. The lowest BCUT2D eigenvalue weighted by Gasteiger charge is -2.09. The average molecular weight is 337 g/mol. The third-order valence-electron chi connectivity index (χ3n) is 2.39. The number of hydrogen-bond acceptors (Lipinski definition) is 3. The molecule has 0 aromatic heterocycles. The molecule has 0 aliphatic heterocycles. The molecular formula is C11H11BrF2N2O3. The number of nitro groups is 1. The van der Waals surface area contributed by atoms with Gasteiger partial charge >= 0.3 is 5.69 Å². The van der Waals surface area contributed by atoms with Crippen molar-refractivity contribution < 1.29 is 18.5 Å². The van der Waals surface area contributed by atoms with Crippen LogP contribution in [0.1, 0.15) is 23.7 Å². The third-order valence-corrected chi connectivity index (χ3v) is 3.36. The van der Waals surface area contributed by atoms with Crippen LogP contribution >= 0.6 is 15.9 Å². The first-order chi connectivity index (χ1) is 8.86. The van der Waals surface area contributed by atoms with Crippen molar-refractivity contribution in [3.05, 3.63) is 39.4 Å². The summed E-state index contributed by atoms with van der Waals surface area (Å²) in [5.74, 6) is -3.27. The second-order valence-corrected chi connectivity index (χ2v) is 5.05. The van der Waals surface area contributed by atoms with E-state index in [2.05, 4.69) is 21.2 Å². The van der Waals surface area contributed by atoms with E-state index in [4.69, 9.17) is 0 Å². The maximum Gasteiger partial charge on any atom is 0.308 e. The maximum atomic E-state index is 13.7. The van der Waals surface area contributed by atoms with Crippen molar-refractivity contribution >= 4 is 27.5 Å². The van der Waals surface area contributed by atoms with Crippen LogP contribution in [-0.4, -0.2) is 22.2 Å². The topological polar surface area (TPSA) is 72.2 Å². The SMILES string of the molecule is CCC(Br)CNC(=O)c1cc(F)cc([N+](=O)[O-])c1F. The van der Waals surface area contributed by atoms with E-state index in [0.29, 0.717) is 12.1 Å². The Bertz CT molecular complexity index is 511. The summed E-state index contributed by atoms with van der Waals surface area (Å²) in [6.45, 7) is 2.08. The van der Waals surface area contributed by atoms with Gasteiger partial charge in [0.2, 0.25) is 5.82 Å². The van der Waals surface area contributed by atoms with Gasteiger partial charge < -0.3 is 5.32 Å². The molecule has 0 saturated heterocycles. The lowest BCUT2D eigenvalue weighted by molar-refractivity contribution is -0.387. The van der Waals surface area contributed by atoms with Gasteiger partial charge in [-0.05, 0) is 12.5 Å². The van der Waals surface area contributed by atoms with Crippen molar-refractivity contribution in [1.29, 1.82) is 0 Å². The Morgan fingerprint density at radius 2 is 2.16 bits per heavy atom. The Morgan fingerprint density at radius 3 is 2.68 bits per heavy atom. The van der Waals surface area contributed by atoms with Crippen LogP contribution in [0.25, 0.3) is 0 Å². The van der Waals surface area contributed by atoms with Crippen LogP contribution in [-0.2, 0) is 0 Å². The van der Waals surface area contributed by atoms with E-state index in [1.54, 1.807) is 0 Å². The van der Waals surface area contributed by atoms with Crippen molar-refractivity contribution in [3.8, 4) is 0 Å². The number of carbonyl (C=O) groups is 1. The van der Waals surface area contributed by atoms with E-state index < -0.39 is 33.7 Å². The highest BCUT2D eigenvalue weighted by Gasteiger charge is 2.24. The van der Waals surface area contributed by atoms with Crippen LogP contribution in [0.4, 0.5) is 14.5 Å². The Labute approximate surface area is 116 Å². The number of amides is 1. The monoisotopic (exact) mass is 336 g/mol. The molecule has 0 aliphatic rings. The lowest BCUT2D eigenvalue weighted by atomic mass is 10.1. The van der Waals surface area contributed by atoms with Crippen LogP contribution in [0.5, 0.6) is 0 Å². The first-order valence-corrected chi connectivity index (χ1v) is 6.34. The first-order valence-electron chi connectivity index (χ1n) is 5.42. The second kappa shape index (κ2) is 6.55. The maximum absolute atomic E-state index is 13.7. The van der Waals surface area contributed by atoms with Gasteiger partial charge in [-0.1, -0.05) is 22.9 Å². The van der Waals surface area contributed by atoms with Gasteiger partial charge in [0.25, 0.3) is 5.91 Å². The van der Waals surface area contributed by atoms with Gasteiger partial charge in [-0.25, -0.2) is 4.39 Å². The van der Waals surface area contributed by atoms with Crippen molar-refractivity contribution in [1.82, 2.24) is 5.32 Å². The highest BCUT2D eigenvalue weighted by atomic mass is 79.9. The molecule has 0 spiro atoms. The number of benzene rings is 1. The molecule has 19 heavy (non-hydrogen) atoms. The Morgan fingerprint density at radius 1 is 1.53 bits per heavy atom. The normalized spacial score (nSPS) is 12.0. The summed E-state index contributed by atoms with van der Waals surface area (Å²) in [6.07, 6.45) is 0.728. The second-order valence-electron chi connectivity index (χ2n) is 3.76. The van der Waals surface area contributed by atoms with E-state index in [1.807, 2.05) is 6.92 Å². The first kappa shape index (κ1) is 15.5. The number of halogens is 3. The summed E-state index contributed by atoms with van der Waals surface area (Å²) in [4.78, 5) is 21.1. The van der Waals surface area contributed by atoms with Gasteiger partial charge in [-0.2, -0.15) is 4.39 Å². The van der Waals surface area contributed by atoms with E-state index >= 15 is 0 Å². The lowest BCUT2D eigenvalue weighted by Crippen LogP contribution is -2.30. The summed E-state index contributed by atoms with van der Waals surface area (Å²) in [7, 11) is 0. The molecule has 5 nitrogen and oxygen atoms in total. The zero-order chi connectivity index (χ0) is 14.6. The molecule has 1 aromatic rings. The largest absolute Gasteiger partial charge is 0.351 e. The zero-order valence-electron chi connectivity index (χ0n) is 9.95. The molecule has 0 radical (unpaired) electrons. The smallest absolute Gasteiger partial charge is 0.308 e. The van der Waals surface area contributed by atoms with E-state index in [0.717, 1.165) is 6.42 Å². The van der Waals surface area contributed by atoms with Crippen LogP contribution in [0.15, 0.2) is 12.1 Å². The van der Waals surface area contributed by atoms with Crippen molar-refractivity contribution in [2.24, 2.45) is 0 Å². The molecule has 104 valence electrons. The summed E-state index contributed by atoms with van der Waals surface area (Å²) in [5.41, 5.74) is -1.74. The number of nitrogens with zero attached hydrogens (tertiary/aromatic N) is 1. The Hall–Kier alpha value is -1.57. The van der Waals surface area contributed by atoms with Crippen molar-refractivity contribution in [2.75, 3.05) is 6.54 Å². The summed E-state index contributed by atoms with van der Waals surface area (Å²) in [5, 5.41) is 12.9. The van der Waals surface area contributed by atoms with E-state index in [9.17, 15) is 23.7 Å². The fourth-order valence-electron chi connectivity index (χ4n) is 1.32. The summed E-state index contributed by atoms with van der Waals surface area (Å²) in [6, 6.07) is 1.07.